The molecule has 1 aromatic carbocycles. The molecule has 0 aromatic heterocycles. The Bertz CT molecular complexity index is 580. The van der Waals surface area contributed by atoms with Crippen LogP contribution in [0.1, 0.15) is 5.56 Å². The molecule has 4 rings (SSSR count). The summed E-state index contributed by atoms with van der Waals surface area (Å²) in [7, 11) is 0. The number of benzene rings is 1. The molecule has 1 aromatic rings. The number of urea groups is 1. The first kappa shape index (κ1) is 7.60. The number of hydroxylamine groups is 2. The lowest BCUT2D eigenvalue weighted by molar-refractivity contribution is -0.982. The van der Waals surface area contributed by atoms with Crippen LogP contribution < -0.4 is 15.6 Å². The largest absolute Gasteiger partial charge is 0.552 e. The maximum atomic E-state index is 11.6. The van der Waals surface area contributed by atoms with Crippen molar-refractivity contribution in [2.45, 2.75) is 6.92 Å². The van der Waals surface area contributed by atoms with E-state index in [-0.39, 0.29) is 0 Å². The number of aryl methyl sites for hydroxylation is 1. The highest BCUT2D eigenvalue weighted by atomic mass is 17.0. The third-order valence-corrected chi connectivity index (χ3v) is 2.11. The fourth-order valence-electron chi connectivity index (χ4n) is 1.52. The summed E-state index contributed by atoms with van der Waals surface area (Å²) in [6.45, 7) is 1.85. The van der Waals surface area contributed by atoms with Crippen LogP contribution in [-0.4, -0.2) is 10.9 Å². The normalized spacial score (nSPS) is 26.6. The molecular formula is C8H5N3O3. The van der Waals surface area contributed by atoms with Crippen LogP contribution in [0.15, 0.2) is 22.2 Å². The molecule has 0 aliphatic carbocycles. The Labute approximate surface area is 77.9 Å². The molecule has 1 unspecified atom stereocenters. The van der Waals surface area contributed by atoms with Crippen molar-refractivity contribution in [3.8, 4) is 5.75 Å². The van der Waals surface area contributed by atoms with Crippen LogP contribution in [0.4, 0.5) is 4.79 Å². The van der Waals surface area contributed by atoms with Crippen LogP contribution in [0.2, 0.25) is 0 Å². The second-order valence-corrected chi connectivity index (χ2v) is 3.24. The molecule has 0 spiro atoms. The van der Waals surface area contributed by atoms with E-state index in [1.165, 1.54) is 0 Å². The Kier molecular flexibility index (Phi) is 1.08. The average molecular weight is 191 g/mol. The smallest absolute Gasteiger partial charge is 0.514 e. The van der Waals surface area contributed by atoms with Crippen LogP contribution in [-0.2, 0) is 0 Å². The summed E-state index contributed by atoms with van der Waals surface area (Å²) in [6.07, 6.45) is 0. The van der Waals surface area contributed by atoms with Gasteiger partial charge in [-0.05, 0) is 29.7 Å². The van der Waals surface area contributed by atoms with Gasteiger partial charge < -0.3 is 5.21 Å². The van der Waals surface area contributed by atoms with Crippen LogP contribution in [0.25, 0.3) is 0 Å². The maximum Gasteiger partial charge on any atom is 0.514 e. The first-order valence-corrected chi connectivity index (χ1v) is 4.02. The monoisotopic (exact) mass is 191 g/mol. The number of carbonyl (C=O) groups is 1. The van der Waals surface area contributed by atoms with Gasteiger partial charge in [-0.3, -0.25) is 4.84 Å². The lowest BCUT2D eigenvalue weighted by Crippen LogP contribution is -2.57. The number of carbonyl (C=O) groups excluding carboxylic acids is 1. The summed E-state index contributed by atoms with van der Waals surface area (Å²) in [5.41, 5.74) is 0.915. The van der Waals surface area contributed by atoms with Gasteiger partial charge in [0.25, 0.3) is 0 Å². The van der Waals surface area contributed by atoms with E-state index in [1.54, 1.807) is 12.1 Å². The molecule has 0 saturated heterocycles. The van der Waals surface area contributed by atoms with Crippen molar-refractivity contribution in [3.63, 3.8) is 0 Å². The number of nitrogens with zero attached hydrogens (tertiary/aromatic N) is 3. The Balaban J connectivity index is 2.55. The van der Waals surface area contributed by atoms with Gasteiger partial charge in [0.15, 0.2) is 10.7 Å². The molecule has 1 atom stereocenters. The third-order valence-electron chi connectivity index (χ3n) is 2.11. The molecule has 3 aliphatic heterocycles. The molecule has 6 heteroatoms. The van der Waals surface area contributed by atoms with E-state index in [0.717, 1.165) is 5.56 Å². The van der Waals surface area contributed by atoms with Crippen molar-refractivity contribution in [3.05, 3.63) is 33.6 Å². The molecule has 4 bridgehead atoms. The van der Waals surface area contributed by atoms with Crippen molar-refractivity contribution < 1.29 is 14.6 Å². The van der Waals surface area contributed by atoms with Gasteiger partial charge in [0.2, 0.25) is 5.75 Å². The highest BCUT2D eigenvalue weighted by Gasteiger charge is 2.40. The predicted octanol–water partition coefficient (Wildman–Crippen LogP) is -0.0952. The van der Waals surface area contributed by atoms with Gasteiger partial charge >= 0.3 is 6.03 Å². The third kappa shape index (κ3) is 0.740. The summed E-state index contributed by atoms with van der Waals surface area (Å²) in [6, 6.07) is 2.42. The molecular weight excluding hydrogens is 186 g/mol. The van der Waals surface area contributed by atoms with Crippen molar-refractivity contribution in [1.29, 1.82) is 0 Å². The van der Waals surface area contributed by atoms with E-state index in [2.05, 4.69) is 10.1 Å². The fraction of sp³-hybridized carbons (Fsp3) is 0.125. The lowest BCUT2D eigenvalue weighted by Gasteiger charge is -2.31. The van der Waals surface area contributed by atoms with Gasteiger partial charge in [-0.1, -0.05) is 0 Å². The average Bonchev–Trinajstić information content (AvgIpc) is 2.05. The van der Waals surface area contributed by atoms with Crippen molar-refractivity contribution >= 4 is 6.03 Å². The molecule has 2 amide bonds. The summed E-state index contributed by atoms with van der Waals surface area (Å²) in [5.74, 6) is 0.324. The number of quaternary nitrogens is 1. The van der Waals surface area contributed by atoms with E-state index in [4.69, 9.17) is 4.84 Å². The van der Waals surface area contributed by atoms with E-state index >= 15 is 0 Å². The van der Waals surface area contributed by atoms with E-state index in [1.807, 2.05) is 6.92 Å². The first-order chi connectivity index (χ1) is 6.58. The van der Waals surface area contributed by atoms with Crippen LogP contribution in [0.5, 0.6) is 5.75 Å². The second-order valence-electron chi connectivity index (χ2n) is 3.24. The van der Waals surface area contributed by atoms with E-state index in [0.29, 0.717) is 16.5 Å². The van der Waals surface area contributed by atoms with Crippen molar-refractivity contribution in [2.75, 3.05) is 0 Å². The molecule has 6 nitrogen and oxygen atoms in total. The van der Waals surface area contributed by atoms with Gasteiger partial charge in [0.05, 0.1) is 0 Å². The van der Waals surface area contributed by atoms with Gasteiger partial charge in [0, 0.05) is 4.92 Å². The molecule has 14 heavy (non-hydrogen) atoms. The predicted molar refractivity (Wildman–Crippen MR) is 43.1 cm³/mol. The maximum absolute atomic E-state index is 11.6. The van der Waals surface area contributed by atoms with Crippen molar-refractivity contribution in [2.24, 2.45) is 10.1 Å². The summed E-state index contributed by atoms with van der Waals surface area (Å²) >= 11 is 0. The quantitative estimate of drug-likeness (QED) is 0.424. The molecule has 3 aliphatic rings. The minimum absolute atomic E-state index is 0.324. The van der Waals surface area contributed by atoms with Crippen LogP contribution >= 0.6 is 0 Å². The fourth-order valence-corrected chi connectivity index (χ4v) is 1.52. The number of hydrogen-bond donors (Lipinski definition) is 0. The molecule has 0 fully saturated rings. The van der Waals surface area contributed by atoms with E-state index in [9.17, 15) is 10.0 Å². The number of hydrogen-bond acceptors (Lipinski definition) is 4. The Hall–Kier alpha value is -1.79. The standard InChI is InChI=1S/C8H5N3O3/c1-4-2-5-7-6(3-4)14-11(13,10-5)8(12)9-7/h2-3H,1H3. The zero-order valence-corrected chi connectivity index (χ0v) is 7.22. The zero-order valence-electron chi connectivity index (χ0n) is 7.22. The Morgan fingerprint density at radius 3 is 2.93 bits per heavy atom. The number of amides is 2. The van der Waals surface area contributed by atoms with Gasteiger partial charge in [-0.2, -0.15) is 4.79 Å². The van der Waals surface area contributed by atoms with Crippen LogP contribution in [0.3, 0.4) is 0 Å². The Morgan fingerprint density at radius 2 is 2.29 bits per heavy atom. The lowest BCUT2D eigenvalue weighted by atomic mass is 10.2. The van der Waals surface area contributed by atoms with E-state index < -0.39 is 10.9 Å². The highest BCUT2D eigenvalue weighted by molar-refractivity contribution is 5.69. The van der Waals surface area contributed by atoms with Gasteiger partial charge in [0.1, 0.15) is 0 Å². The molecule has 3 heterocycles. The van der Waals surface area contributed by atoms with Gasteiger partial charge in [-0.15, -0.1) is 4.99 Å². The summed E-state index contributed by atoms with van der Waals surface area (Å²) in [5, 5.41) is 16.0. The number of rotatable bonds is 0. The Morgan fingerprint density at radius 1 is 1.50 bits per heavy atom. The minimum Gasteiger partial charge on any atom is -0.552 e. The summed E-state index contributed by atoms with van der Waals surface area (Å²) < 4.78 is 0. The van der Waals surface area contributed by atoms with Crippen LogP contribution in [0, 0.1) is 12.1 Å². The van der Waals surface area contributed by atoms with Gasteiger partial charge in [-0.25, -0.2) is 0 Å². The topological polar surface area (TPSA) is 74.1 Å². The SMILES string of the molecule is Cc1cc2c3c(c1)=N[N+]([O-])(O2)C(=O)N=3. The highest BCUT2D eigenvalue weighted by Crippen LogP contribution is 2.21. The van der Waals surface area contributed by atoms with Crippen molar-refractivity contribution in [1.82, 2.24) is 0 Å². The molecule has 0 radical (unpaired) electrons. The zero-order chi connectivity index (χ0) is 9.92. The summed E-state index contributed by atoms with van der Waals surface area (Å²) in [4.78, 5) is 17.9. The number of fused-ring (bicyclic) bond motifs is 1. The molecule has 0 N–H and O–H groups in total. The second kappa shape index (κ2) is 1.99. The minimum atomic E-state index is -1.70. The molecule has 0 saturated carbocycles. The molecule has 70 valence electrons. The first-order valence-electron chi connectivity index (χ1n) is 4.02.